The van der Waals surface area contributed by atoms with Gasteiger partial charge in [-0.25, -0.2) is 9.78 Å². The lowest BCUT2D eigenvalue weighted by Gasteiger charge is -2.36. The third kappa shape index (κ3) is 5.00. The van der Waals surface area contributed by atoms with Gasteiger partial charge in [-0.05, 0) is 50.8 Å². The van der Waals surface area contributed by atoms with Crippen LogP contribution in [0.2, 0.25) is 0 Å². The maximum Gasteiger partial charge on any atom is 0.322 e. The molecule has 8 nitrogen and oxygen atoms in total. The number of aryl methyl sites for hydroxylation is 2. The van der Waals surface area contributed by atoms with E-state index in [9.17, 15) is 4.79 Å². The Hall–Kier alpha value is -3.03. The maximum atomic E-state index is 12.8. The normalized spacial score (nSPS) is 16.9. The van der Waals surface area contributed by atoms with Gasteiger partial charge < -0.3 is 24.8 Å². The molecule has 8 heteroatoms. The number of nitrogens with zero attached hydrogens (tertiary/aromatic N) is 5. The van der Waals surface area contributed by atoms with E-state index in [-0.39, 0.29) is 6.03 Å². The highest BCUT2D eigenvalue weighted by atomic mass is 16.5. The molecule has 166 valence electrons. The number of carbonyl (C=O) groups is 1. The highest BCUT2D eigenvalue weighted by Crippen LogP contribution is 2.26. The highest BCUT2D eigenvalue weighted by Gasteiger charge is 2.24. The Morgan fingerprint density at radius 3 is 2.39 bits per heavy atom. The zero-order valence-corrected chi connectivity index (χ0v) is 18.7. The molecule has 2 aliphatic rings. The van der Waals surface area contributed by atoms with E-state index in [2.05, 4.69) is 20.1 Å². The van der Waals surface area contributed by atoms with Gasteiger partial charge in [-0.2, -0.15) is 4.98 Å². The molecule has 0 unspecified atom stereocenters. The molecule has 3 heterocycles. The van der Waals surface area contributed by atoms with Gasteiger partial charge in [0, 0.05) is 51.0 Å². The van der Waals surface area contributed by atoms with Gasteiger partial charge in [-0.1, -0.05) is 6.07 Å². The van der Waals surface area contributed by atoms with Crippen LogP contribution in [0.5, 0.6) is 5.75 Å². The summed E-state index contributed by atoms with van der Waals surface area (Å²) in [4.78, 5) is 28.7. The summed E-state index contributed by atoms with van der Waals surface area (Å²) >= 11 is 0. The Kier molecular flexibility index (Phi) is 6.44. The number of urea groups is 1. The lowest BCUT2D eigenvalue weighted by atomic mass is 10.1. The van der Waals surface area contributed by atoms with Crippen molar-refractivity contribution in [3.63, 3.8) is 0 Å². The lowest BCUT2D eigenvalue weighted by Crippen LogP contribution is -2.50. The topological polar surface area (TPSA) is 73.8 Å². The minimum atomic E-state index is -0.101. The molecule has 4 rings (SSSR count). The summed E-state index contributed by atoms with van der Waals surface area (Å²) < 4.78 is 5.38. The van der Waals surface area contributed by atoms with E-state index in [4.69, 9.17) is 9.72 Å². The molecule has 1 aromatic heterocycles. The lowest BCUT2D eigenvalue weighted by molar-refractivity contribution is 0.208. The fourth-order valence-electron chi connectivity index (χ4n) is 4.19. The van der Waals surface area contributed by atoms with Gasteiger partial charge in [0.2, 0.25) is 5.95 Å². The van der Waals surface area contributed by atoms with Gasteiger partial charge >= 0.3 is 6.03 Å². The van der Waals surface area contributed by atoms with Crippen molar-refractivity contribution >= 4 is 23.5 Å². The van der Waals surface area contributed by atoms with Crippen LogP contribution in [0.15, 0.2) is 24.3 Å². The van der Waals surface area contributed by atoms with Crippen molar-refractivity contribution in [1.82, 2.24) is 14.9 Å². The number of carbonyl (C=O) groups excluding carboxylic acids is 1. The second kappa shape index (κ2) is 9.41. The number of methoxy groups -OCH3 is 1. The molecule has 2 amide bonds. The summed E-state index contributed by atoms with van der Waals surface area (Å²) in [6, 6.07) is 7.71. The summed E-state index contributed by atoms with van der Waals surface area (Å²) in [5.74, 6) is 2.45. The predicted octanol–water partition coefficient (Wildman–Crippen LogP) is 3.45. The molecule has 31 heavy (non-hydrogen) atoms. The van der Waals surface area contributed by atoms with E-state index < -0.39 is 0 Å². The second-order valence-corrected chi connectivity index (χ2v) is 8.32. The summed E-state index contributed by atoms with van der Waals surface area (Å²) in [5, 5.41) is 3.00. The van der Waals surface area contributed by atoms with Crippen molar-refractivity contribution in [1.29, 1.82) is 0 Å². The number of piperidine rings is 1. The molecule has 0 saturated carbocycles. The smallest absolute Gasteiger partial charge is 0.322 e. The Morgan fingerprint density at radius 2 is 1.68 bits per heavy atom. The molecule has 2 aliphatic heterocycles. The van der Waals surface area contributed by atoms with Crippen LogP contribution in [-0.2, 0) is 0 Å². The van der Waals surface area contributed by atoms with E-state index in [0.29, 0.717) is 24.5 Å². The zero-order chi connectivity index (χ0) is 21.8. The van der Waals surface area contributed by atoms with Crippen LogP contribution in [-0.4, -0.2) is 67.3 Å². The molecule has 1 N–H and O–H groups in total. The number of rotatable bonds is 4. The van der Waals surface area contributed by atoms with Crippen molar-refractivity contribution in [2.45, 2.75) is 33.1 Å². The Balaban J connectivity index is 1.39. The molecule has 0 atom stereocenters. The molecular formula is C23H32N6O2. The van der Waals surface area contributed by atoms with Crippen LogP contribution in [0.4, 0.5) is 22.2 Å². The van der Waals surface area contributed by atoms with Crippen LogP contribution < -0.4 is 19.9 Å². The number of nitrogens with one attached hydrogen (secondary N) is 1. The van der Waals surface area contributed by atoms with Crippen LogP contribution >= 0.6 is 0 Å². The molecule has 0 radical (unpaired) electrons. The number of benzene rings is 1. The number of hydrogen-bond donors (Lipinski definition) is 1. The minimum absolute atomic E-state index is 0.101. The average molecular weight is 425 g/mol. The minimum Gasteiger partial charge on any atom is -0.495 e. The molecule has 2 aromatic rings. The van der Waals surface area contributed by atoms with Crippen molar-refractivity contribution in [3.05, 3.63) is 35.5 Å². The first kappa shape index (κ1) is 21.2. The van der Waals surface area contributed by atoms with E-state index >= 15 is 0 Å². The van der Waals surface area contributed by atoms with Gasteiger partial charge in [0.05, 0.1) is 12.8 Å². The van der Waals surface area contributed by atoms with E-state index in [0.717, 1.165) is 49.2 Å². The summed E-state index contributed by atoms with van der Waals surface area (Å²) in [6.07, 6.45) is 3.69. The molecule has 2 saturated heterocycles. The monoisotopic (exact) mass is 424 g/mol. The predicted molar refractivity (Wildman–Crippen MR) is 123 cm³/mol. The maximum absolute atomic E-state index is 12.8. The van der Waals surface area contributed by atoms with E-state index in [1.165, 1.54) is 19.3 Å². The first-order valence-corrected chi connectivity index (χ1v) is 11.1. The Morgan fingerprint density at radius 1 is 0.935 bits per heavy atom. The van der Waals surface area contributed by atoms with Crippen molar-refractivity contribution < 1.29 is 9.53 Å². The van der Waals surface area contributed by atoms with Crippen molar-refractivity contribution in [2.75, 3.05) is 61.5 Å². The van der Waals surface area contributed by atoms with Crippen LogP contribution in [0, 0.1) is 13.8 Å². The van der Waals surface area contributed by atoms with Gasteiger partial charge in [-0.3, -0.25) is 0 Å². The number of aromatic nitrogens is 2. The first-order valence-electron chi connectivity index (χ1n) is 11.1. The van der Waals surface area contributed by atoms with Crippen LogP contribution in [0.3, 0.4) is 0 Å². The molecule has 0 aliphatic carbocycles. The number of anilines is 3. The number of hydrogen-bond acceptors (Lipinski definition) is 6. The van der Waals surface area contributed by atoms with Crippen LogP contribution in [0.1, 0.15) is 30.5 Å². The second-order valence-electron chi connectivity index (χ2n) is 8.32. The van der Waals surface area contributed by atoms with Crippen LogP contribution in [0.25, 0.3) is 0 Å². The molecule has 0 spiro atoms. The zero-order valence-electron chi connectivity index (χ0n) is 18.7. The molecular weight excluding hydrogens is 392 g/mol. The fourth-order valence-corrected chi connectivity index (χ4v) is 4.19. The molecule has 2 fully saturated rings. The number of ether oxygens (including phenoxy) is 1. The standard InChI is InChI=1S/C23H32N6O2/c1-17-7-8-20(31-3)19(15-17)25-23(30)29-13-11-27(12-14-29)21-16-18(2)24-22(26-21)28-9-5-4-6-10-28/h7-8,15-16H,4-6,9-14H2,1-3H3,(H,25,30). The fraction of sp³-hybridized carbons (Fsp3) is 0.522. The third-order valence-electron chi connectivity index (χ3n) is 5.96. The quantitative estimate of drug-likeness (QED) is 0.810. The number of amides is 2. The van der Waals surface area contributed by atoms with E-state index in [1.54, 1.807) is 7.11 Å². The van der Waals surface area contributed by atoms with Gasteiger partial charge in [0.1, 0.15) is 11.6 Å². The summed E-state index contributed by atoms with van der Waals surface area (Å²) in [5.41, 5.74) is 2.76. The largest absolute Gasteiger partial charge is 0.495 e. The number of piperazine rings is 1. The highest BCUT2D eigenvalue weighted by molar-refractivity contribution is 5.91. The van der Waals surface area contributed by atoms with Gasteiger partial charge in [0.15, 0.2) is 0 Å². The summed E-state index contributed by atoms with van der Waals surface area (Å²) in [7, 11) is 1.61. The van der Waals surface area contributed by atoms with Gasteiger partial charge in [-0.15, -0.1) is 0 Å². The molecule has 1 aromatic carbocycles. The van der Waals surface area contributed by atoms with Gasteiger partial charge in [0.25, 0.3) is 0 Å². The van der Waals surface area contributed by atoms with E-state index in [1.807, 2.05) is 43.0 Å². The first-order chi connectivity index (χ1) is 15.0. The molecule has 0 bridgehead atoms. The third-order valence-corrected chi connectivity index (χ3v) is 5.96. The van der Waals surface area contributed by atoms with Crippen molar-refractivity contribution in [2.24, 2.45) is 0 Å². The Bertz CT molecular complexity index is 920. The SMILES string of the molecule is COc1ccc(C)cc1NC(=O)N1CCN(c2cc(C)nc(N3CCCCC3)n2)CC1. The Labute approximate surface area is 184 Å². The summed E-state index contributed by atoms with van der Waals surface area (Å²) in [6.45, 7) is 8.85. The van der Waals surface area contributed by atoms with Crippen molar-refractivity contribution in [3.8, 4) is 5.75 Å². The average Bonchev–Trinajstić information content (AvgIpc) is 2.79.